The summed E-state index contributed by atoms with van der Waals surface area (Å²) in [6.45, 7) is 1.48. The number of halogens is 1. The molecule has 0 aromatic carbocycles. The zero-order valence-corrected chi connectivity index (χ0v) is 10.0. The van der Waals surface area contributed by atoms with Gasteiger partial charge in [0, 0.05) is 38.2 Å². The van der Waals surface area contributed by atoms with E-state index in [-0.39, 0.29) is 11.9 Å². The van der Waals surface area contributed by atoms with Gasteiger partial charge in [0.2, 0.25) is 5.91 Å². The van der Waals surface area contributed by atoms with Crippen LogP contribution in [0.5, 0.6) is 0 Å². The van der Waals surface area contributed by atoms with Crippen molar-refractivity contribution in [3.8, 4) is 0 Å². The predicted molar refractivity (Wildman–Crippen MR) is 59.3 cm³/mol. The van der Waals surface area contributed by atoms with Crippen LogP contribution in [0.15, 0.2) is 10.8 Å². The van der Waals surface area contributed by atoms with Gasteiger partial charge in [-0.05, 0) is 15.9 Å². The molecule has 2 rings (SSSR count). The second-order valence-corrected chi connectivity index (χ2v) is 4.33. The maximum Gasteiger partial charge on any atom is 0.221 e. The molecule has 2 heterocycles. The van der Waals surface area contributed by atoms with Crippen molar-refractivity contribution >= 4 is 21.8 Å². The molecule has 1 aromatic rings. The number of hydrogen-bond acceptors (Lipinski definition) is 3. The van der Waals surface area contributed by atoms with Crippen molar-refractivity contribution in [1.29, 1.82) is 0 Å². The maximum atomic E-state index is 11.4. The van der Waals surface area contributed by atoms with Crippen molar-refractivity contribution in [3.05, 3.63) is 16.4 Å². The molecular formula is C9H13BrN4O. The third-order valence-electron chi connectivity index (χ3n) is 2.50. The predicted octanol–water partition coefficient (Wildman–Crippen LogP) is 0.333. The van der Waals surface area contributed by atoms with Gasteiger partial charge >= 0.3 is 0 Å². The molecule has 1 amide bonds. The highest BCUT2D eigenvalue weighted by Crippen LogP contribution is 2.25. The summed E-state index contributed by atoms with van der Waals surface area (Å²) in [5.74, 6) is 0.0840. The quantitative estimate of drug-likeness (QED) is 0.775. The molecule has 1 saturated heterocycles. The van der Waals surface area contributed by atoms with Crippen LogP contribution in [0, 0.1) is 0 Å². The van der Waals surface area contributed by atoms with E-state index in [1.165, 1.54) is 0 Å². The summed E-state index contributed by atoms with van der Waals surface area (Å²) in [4.78, 5) is 11.4. The van der Waals surface area contributed by atoms with Crippen molar-refractivity contribution in [3.63, 3.8) is 0 Å². The molecule has 1 aromatic heterocycles. The van der Waals surface area contributed by atoms with Crippen molar-refractivity contribution < 1.29 is 4.79 Å². The zero-order chi connectivity index (χ0) is 10.8. The fraction of sp³-hybridized carbons (Fsp3) is 0.556. The Morgan fingerprint density at radius 2 is 2.40 bits per heavy atom. The molecular weight excluding hydrogens is 260 g/mol. The van der Waals surface area contributed by atoms with Crippen LogP contribution < -0.4 is 10.6 Å². The van der Waals surface area contributed by atoms with E-state index in [0.29, 0.717) is 13.0 Å². The first-order valence-corrected chi connectivity index (χ1v) is 5.65. The van der Waals surface area contributed by atoms with Gasteiger partial charge in [-0.15, -0.1) is 0 Å². The first kappa shape index (κ1) is 10.6. The highest BCUT2D eigenvalue weighted by molar-refractivity contribution is 9.10. The minimum atomic E-state index is 0.0515. The topological polar surface area (TPSA) is 59.0 Å². The monoisotopic (exact) mass is 272 g/mol. The molecule has 15 heavy (non-hydrogen) atoms. The minimum Gasteiger partial charge on any atom is -0.355 e. The van der Waals surface area contributed by atoms with Gasteiger partial charge in [-0.25, -0.2) is 0 Å². The summed E-state index contributed by atoms with van der Waals surface area (Å²) < 4.78 is 2.68. The number of aryl methyl sites for hydroxylation is 1. The molecule has 0 spiro atoms. The van der Waals surface area contributed by atoms with Gasteiger partial charge in [0.25, 0.3) is 0 Å². The summed E-state index contributed by atoms with van der Waals surface area (Å²) in [7, 11) is 1.87. The zero-order valence-electron chi connectivity index (χ0n) is 8.46. The highest BCUT2D eigenvalue weighted by Gasteiger charge is 2.22. The van der Waals surface area contributed by atoms with Gasteiger partial charge in [-0.1, -0.05) is 0 Å². The molecule has 1 aliphatic heterocycles. The Labute approximate surface area is 96.4 Å². The number of nitrogens with one attached hydrogen (secondary N) is 2. The Kier molecular flexibility index (Phi) is 3.06. The van der Waals surface area contributed by atoms with E-state index in [0.717, 1.165) is 16.7 Å². The number of amides is 1. The minimum absolute atomic E-state index is 0.0515. The van der Waals surface area contributed by atoms with Crippen molar-refractivity contribution in [2.45, 2.75) is 12.5 Å². The second-order valence-electron chi connectivity index (χ2n) is 3.58. The lowest BCUT2D eigenvalue weighted by molar-refractivity contribution is -0.121. The molecule has 0 bridgehead atoms. The summed E-state index contributed by atoms with van der Waals surface area (Å²) in [6.07, 6.45) is 2.25. The van der Waals surface area contributed by atoms with Gasteiger partial charge in [-0.2, -0.15) is 5.10 Å². The molecule has 2 N–H and O–H groups in total. The molecule has 5 nitrogen and oxygen atoms in total. The molecule has 1 fully saturated rings. The molecule has 1 unspecified atom stereocenters. The van der Waals surface area contributed by atoms with E-state index < -0.39 is 0 Å². The van der Waals surface area contributed by atoms with Gasteiger partial charge in [0.1, 0.15) is 4.60 Å². The first-order valence-electron chi connectivity index (χ1n) is 4.86. The molecule has 6 heteroatoms. The van der Waals surface area contributed by atoms with Crippen LogP contribution in [0.1, 0.15) is 18.0 Å². The Balaban J connectivity index is 2.21. The van der Waals surface area contributed by atoms with E-state index in [1.54, 1.807) is 10.9 Å². The number of hydrogen-bond donors (Lipinski definition) is 2. The highest BCUT2D eigenvalue weighted by atomic mass is 79.9. The average molecular weight is 273 g/mol. The number of aromatic nitrogens is 2. The van der Waals surface area contributed by atoms with E-state index in [2.05, 4.69) is 31.7 Å². The van der Waals surface area contributed by atoms with Crippen LogP contribution in [0.4, 0.5) is 0 Å². The van der Waals surface area contributed by atoms with Gasteiger partial charge in [0.15, 0.2) is 0 Å². The Morgan fingerprint density at radius 1 is 1.60 bits per heavy atom. The fourth-order valence-electron chi connectivity index (χ4n) is 1.67. The number of rotatable bonds is 1. The summed E-state index contributed by atoms with van der Waals surface area (Å²) in [6, 6.07) is 0.0515. The van der Waals surface area contributed by atoms with E-state index in [4.69, 9.17) is 0 Å². The van der Waals surface area contributed by atoms with Crippen molar-refractivity contribution in [2.75, 3.05) is 13.1 Å². The molecule has 0 aliphatic carbocycles. The summed E-state index contributed by atoms with van der Waals surface area (Å²) in [5.41, 5.74) is 1.04. The fourth-order valence-corrected chi connectivity index (χ4v) is 2.14. The van der Waals surface area contributed by atoms with Gasteiger partial charge in [-0.3, -0.25) is 9.48 Å². The third-order valence-corrected chi connectivity index (χ3v) is 3.47. The standard InChI is InChI=1S/C9H13BrN4O/c1-14-9(10)6(5-13-14)7-4-8(15)12-3-2-11-7/h5,7,11H,2-4H2,1H3,(H,12,15). The lowest BCUT2D eigenvalue weighted by Gasteiger charge is -2.13. The van der Waals surface area contributed by atoms with Crippen molar-refractivity contribution in [2.24, 2.45) is 7.05 Å². The maximum absolute atomic E-state index is 11.4. The largest absolute Gasteiger partial charge is 0.355 e. The summed E-state index contributed by atoms with van der Waals surface area (Å²) in [5, 5.41) is 10.3. The van der Waals surface area contributed by atoms with E-state index >= 15 is 0 Å². The van der Waals surface area contributed by atoms with Crippen LogP contribution in [0.25, 0.3) is 0 Å². The Bertz CT molecular complexity index is 376. The number of nitrogens with zero attached hydrogens (tertiary/aromatic N) is 2. The third kappa shape index (κ3) is 2.21. The van der Waals surface area contributed by atoms with Crippen LogP contribution in [-0.4, -0.2) is 28.8 Å². The number of carbonyl (C=O) groups is 1. The van der Waals surface area contributed by atoms with Crippen molar-refractivity contribution in [1.82, 2.24) is 20.4 Å². The number of carbonyl (C=O) groups excluding carboxylic acids is 1. The lowest BCUT2D eigenvalue weighted by atomic mass is 10.1. The SMILES string of the molecule is Cn1ncc(C2CC(=O)NCCN2)c1Br. The van der Waals surface area contributed by atoms with E-state index in [1.807, 2.05) is 7.05 Å². The van der Waals surface area contributed by atoms with Crippen LogP contribution in [0.3, 0.4) is 0 Å². The average Bonchev–Trinajstić information content (AvgIpc) is 2.42. The molecule has 82 valence electrons. The normalized spacial score (nSPS) is 22.3. The van der Waals surface area contributed by atoms with E-state index in [9.17, 15) is 4.79 Å². The summed E-state index contributed by atoms with van der Waals surface area (Å²) >= 11 is 3.46. The molecule has 1 aliphatic rings. The van der Waals surface area contributed by atoms with Crippen LogP contribution >= 0.6 is 15.9 Å². The van der Waals surface area contributed by atoms with Gasteiger partial charge in [0.05, 0.1) is 6.20 Å². The molecule has 0 radical (unpaired) electrons. The Hall–Kier alpha value is -0.880. The smallest absolute Gasteiger partial charge is 0.221 e. The molecule has 0 saturated carbocycles. The second kappa shape index (κ2) is 4.32. The van der Waals surface area contributed by atoms with Crippen LogP contribution in [0.2, 0.25) is 0 Å². The first-order chi connectivity index (χ1) is 7.18. The van der Waals surface area contributed by atoms with Gasteiger partial charge < -0.3 is 10.6 Å². The Morgan fingerprint density at radius 3 is 3.07 bits per heavy atom. The lowest BCUT2D eigenvalue weighted by Crippen LogP contribution is -2.24. The molecule has 1 atom stereocenters. The van der Waals surface area contributed by atoms with Crippen LogP contribution in [-0.2, 0) is 11.8 Å².